The van der Waals surface area contributed by atoms with Crippen LogP contribution in [0.1, 0.15) is 33.1 Å². The van der Waals surface area contributed by atoms with E-state index in [0.29, 0.717) is 18.9 Å². The summed E-state index contributed by atoms with van der Waals surface area (Å²) in [5, 5.41) is 2.89. The molecule has 1 N–H and O–H groups in total. The molecule has 2 unspecified atom stereocenters. The van der Waals surface area contributed by atoms with Gasteiger partial charge < -0.3 is 10.2 Å². The lowest BCUT2D eigenvalue weighted by molar-refractivity contribution is -0.156. The molecule has 100 valence electrons. The first-order valence-corrected chi connectivity index (χ1v) is 6.86. The summed E-state index contributed by atoms with van der Waals surface area (Å²) in [6, 6.07) is -0.333. The number of nitrogens with zero attached hydrogens (tertiary/aromatic N) is 1. The van der Waals surface area contributed by atoms with Crippen molar-refractivity contribution in [1.82, 2.24) is 10.2 Å². The fraction of sp³-hybridized carbons (Fsp3) is 0.692. The Bertz CT molecular complexity index is 392. The average molecular weight is 271 g/mol. The molecule has 1 saturated carbocycles. The third-order valence-electron chi connectivity index (χ3n) is 4.06. The summed E-state index contributed by atoms with van der Waals surface area (Å²) >= 11 is 5.53. The molecule has 5 heteroatoms. The van der Waals surface area contributed by atoms with Crippen LogP contribution in [0.3, 0.4) is 0 Å². The van der Waals surface area contributed by atoms with Crippen LogP contribution in [0.2, 0.25) is 0 Å². The number of hydrogen-bond acceptors (Lipinski definition) is 2. The zero-order valence-electron chi connectivity index (χ0n) is 10.8. The van der Waals surface area contributed by atoms with Crippen molar-refractivity contribution in [1.29, 1.82) is 0 Å². The number of rotatable bonds is 4. The van der Waals surface area contributed by atoms with Gasteiger partial charge in [0.05, 0.1) is 0 Å². The number of hydrogen-bond donors (Lipinski definition) is 1. The Morgan fingerprint density at radius 2 is 2.17 bits per heavy atom. The Morgan fingerprint density at radius 1 is 1.50 bits per heavy atom. The van der Waals surface area contributed by atoms with Crippen LogP contribution < -0.4 is 5.32 Å². The summed E-state index contributed by atoms with van der Waals surface area (Å²) in [6.45, 7) is 4.12. The van der Waals surface area contributed by atoms with Crippen LogP contribution in [-0.2, 0) is 9.59 Å². The van der Waals surface area contributed by atoms with Crippen LogP contribution in [0.15, 0.2) is 11.6 Å². The molecule has 1 heterocycles. The van der Waals surface area contributed by atoms with Gasteiger partial charge in [-0.05, 0) is 32.1 Å². The van der Waals surface area contributed by atoms with E-state index in [1.165, 1.54) is 5.54 Å². The summed E-state index contributed by atoms with van der Waals surface area (Å²) < 4.78 is 0. The molecule has 4 nitrogen and oxygen atoms in total. The van der Waals surface area contributed by atoms with Crippen molar-refractivity contribution in [2.75, 3.05) is 6.54 Å². The summed E-state index contributed by atoms with van der Waals surface area (Å²) in [4.78, 5) is 26.4. The highest BCUT2D eigenvalue weighted by Crippen LogP contribution is 2.37. The van der Waals surface area contributed by atoms with Crippen LogP contribution in [0.4, 0.5) is 0 Å². The molecule has 0 radical (unpaired) electrons. The fourth-order valence-corrected chi connectivity index (χ4v) is 2.51. The Hall–Kier alpha value is -1.03. The standard InChI is InChI=1S/C13H19ClN2O2/c1-3-13(2)12(18)15-10(9-5-6-9)11(17)16(13)8-4-7-14/h4,7,9-10H,3,5-6,8H2,1-2H3,(H,15,18)/b7-4+. The second-order valence-electron chi connectivity index (χ2n) is 5.23. The van der Waals surface area contributed by atoms with Crippen molar-refractivity contribution in [2.24, 2.45) is 5.92 Å². The number of piperazine rings is 1. The maximum atomic E-state index is 12.5. The summed E-state index contributed by atoms with van der Waals surface area (Å²) in [6.07, 6.45) is 4.35. The highest BCUT2D eigenvalue weighted by molar-refractivity contribution is 6.25. The first-order valence-electron chi connectivity index (χ1n) is 6.42. The molecule has 18 heavy (non-hydrogen) atoms. The van der Waals surface area contributed by atoms with E-state index >= 15 is 0 Å². The average Bonchev–Trinajstić information content (AvgIpc) is 3.18. The van der Waals surface area contributed by atoms with Gasteiger partial charge in [0, 0.05) is 12.1 Å². The molecule has 0 aromatic carbocycles. The lowest BCUT2D eigenvalue weighted by Gasteiger charge is -2.45. The van der Waals surface area contributed by atoms with E-state index in [2.05, 4.69) is 5.32 Å². The molecule has 1 aliphatic heterocycles. The molecule has 2 aliphatic rings. The molecule has 2 atom stereocenters. The molecule has 0 spiro atoms. The highest BCUT2D eigenvalue weighted by Gasteiger charge is 2.51. The van der Waals surface area contributed by atoms with Crippen molar-refractivity contribution >= 4 is 23.4 Å². The number of carbonyl (C=O) groups excluding carboxylic acids is 2. The van der Waals surface area contributed by atoms with Gasteiger partial charge in [0.15, 0.2) is 0 Å². The van der Waals surface area contributed by atoms with Gasteiger partial charge in [-0.3, -0.25) is 9.59 Å². The number of nitrogens with one attached hydrogen (secondary N) is 1. The van der Waals surface area contributed by atoms with Crippen LogP contribution in [0.5, 0.6) is 0 Å². The quantitative estimate of drug-likeness (QED) is 0.844. The SMILES string of the molecule is CCC1(C)C(=O)NC(C2CC2)C(=O)N1C/C=C/Cl. The molecule has 2 rings (SSSR count). The molecule has 2 amide bonds. The first kappa shape index (κ1) is 13.4. The summed E-state index contributed by atoms with van der Waals surface area (Å²) in [5.74, 6) is 0.297. The van der Waals surface area contributed by atoms with Crippen LogP contribution in [0.25, 0.3) is 0 Å². The van der Waals surface area contributed by atoms with E-state index in [1.54, 1.807) is 11.0 Å². The normalized spacial score (nSPS) is 33.1. The van der Waals surface area contributed by atoms with Crippen LogP contribution in [0, 0.1) is 5.92 Å². The van der Waals surface area contributed by atoms with E-state index in [9.17, 15) is 9.59 Å². The Kier molecular flexibility index (Phi) is 3.66. The minimum absolute atomic E-state index is 0.0243. The van der Waals surface area contributed by atoms with Gasteiger partial charge in [-0.15, -0.1) is 0 Å². The minimum atomic E-state index is -0.765. The topological polar surface area (TPSA) is 49.4 Å². The Balaban J connectivity index is 2.26. The minimum Gasteiger partial charge on any atom is -0.342 e. The Morgan fingerprint density at radius 3 is 2.67 bits per heavy atom. The molecular formula is C13H19ClN2O2. The smallest absolute Gasteiger partial charge is 0.246 e. The van der Waals surface area contributed by atoms with Gasteiger partial charge in [-0.25, -0.2) is 0 Å². The lowest BCUT2D eigenvalue weighted by atomic mass is 9.89. The summed E-state index contributed by atoms with van der Waals surface area (Å²) in [5.41, 5.74) is 0.626. The van der Waals surface area contributed by atoms with Crippen LogP contribution in [-0.4, -0.2) is 34.8 Å². The third-order valence-corrected chi connectivity index (χ3v) is 4.24. The maximum Gasteiger partial charge on any atom is 0.246 e. The lowest BCUT2D eigenvalue weighted by Crippen LogP contribution is -2.69. The molecule has 1 saturated heterocycles. The zero-order chi connectivity index (χ0) is 13.3. The fourth-order valence-electron chi connectivity index (χ4n) is 2.43. The molecule has 0 aromatic rings. The predicted octanol–water partition coefficient (Wildman–Crippen LogP) is 1.64. The largest absolute Gasteiger partial charge is 0.342 e. The van der Waals surface area contributed by atoms with Crippen molar-refractivity contribution in [2.45, 2.75) is 44.7 Å². The van der Waals surface area contributed by atoms with Gasteiger partial charge in [0.25, 0.3) is 0 Å². The van der Waals surface area contributed by atoms with E-state index in [0.717, 1.165) is 12.8 Å². The van der Waals surface area contributed by atoms with Crippen LogP contribution >= 0.6 is 11.6 Å². The predicted molar refractivity (Wildman–Crippen MR) is 70.1 cm³/mol. The Labute approximate surface area is 112 Å². The maximum absolute atomic E-state index is 12.5. The van der Waals surface area contributed by atoms with Gasteiger partial charge in [0.2, 0.25) is 11.8 Å². The van der Waals surface area contributed by atoms with Crippen molar-refractivity contribution in [3.63, 3.8) is 0 Å². The van der Waals surface area contributed by atoms with E-state index in [1.807, 2.05) is 13.8 Å². The van der Waals surface area contributed by atoms with E-state index < -0.39 is 5.54 Å². The highest BCUT2D eigenvalue weighted by atomic mass is 35.5. The molecule has 0 aromatic heterocycles. The third kappa shape index (κ3) is 2.14. The number of amides is 2. The zero-order valence-corrected chi connectivity index (χ0v) is 11.5. The number of halogens is 1. The van der Waals surface area contributed by atoms with Crippen molar-refractivity contribution in [3.05, 3.63) is 11.6 Å². The number of carbonyl (C=O) groups is 2. The monoisotopic (exact) mass is 270 g/mol. The van der Waals surface area contributed by atoms with Gasteiger partial charge in [-0.2, -0.15) is 0 Å². The second-order valence-corrected chi connectivity index (χ2v) is 5.48. The molecule has 1 aliphatic carbocycles. The van der Waals surface area contributed by atoms with E-state index in [-0.39, 0.29) is 17.9 Å². The molecule has 2 fully saturated rings. The second kappa shape index (κ2) is 4.92. The van der Waals surface area contributed by atoms with Crippen molar-refractivity contribution < 1.29 is 9.59 Å². The summed E-state index contributed by atoms with van der Waals surface area (Å²) in [7, 11) is 0. The van der Waals surface area contributed by atoms with Gasteiger partial charge in [-0.1, -0.05) is 24.6 Å². The van der Waals surface area contributed by atoms with Gasteiger partial charge >= 0.3 is 0 Å². The molecule has 0 bridgehead atoms. The van der Waals surface area contributed by atoms with Crippen molar-refractivity contribution in [3.8, 4) is 0 Å². The first-order chi connectivity index (χ1) is 8.54. The molecular weight excluding hydrogens is 252 g/mol. The van der Waals surface area contributed by atoms with E-state index in [4.69, 9.17) is 11.6 Å². The van der Waals surface area contributed by atoms with Gasteiger partial charge in [0.1, 0.15) is 11.6 Å².